The molecule has 1 unspecified atom stereocenters. The minimum absolute atomic E-state index is 0.131. The van der Waals surface area contributed by atoms with Crippen LogP contribution in [0.15, 0.2) is 48.5 Å². The first-order valence-electron chi connectivity index (χ1n) is 10.8. The first-order chi connectivity index (χ1) is 14.6. The number of hydrogen-bond donors (Lipinski definition) is 1. The van der Waals surface area contributed by atoms with Gasteiger partial charge in [-0.05, 0) is 69.0 Å². The molecule has 30 heavy (non-hydrogen) atoms. The highest BCUT2D eigenvalue weighted by Gasteiger charge is 2.22. The summed E-state index contributed by atoms with van der Waals surface area (Å²) in [6, 6.07) is 15.4. The van der Waals surface area contributed by atoms with Crippen LogP contribution in [0, 0.1) is 0 Å². The Bertz CT molecular complexity index is 891. The van der Waals surface area contributed by atoms with Crippen LogP contribution in [-0.2, 0) is 9.59 Å². The molecule has 1 N–H and O–H groups in total. The summed E-state index contributed by atoms with van der Waals surface area (Å²) in [5.74, 6) is 0.504. The van der Waals surface area contributed by atoms with Gasteiger partial charge in [-0.15, -0.1) is 0 Å². The van der Waals surface area contributed by atoms with E-state index in [1.807, 2.05) is 30.3 Å². The zero-order valence-electron chi connectivity index (χ0n) is 17.5. The third-order valence-electron chi connectivity index (χ3n) is 5.74. The van der Waals surface area contributed by atoms with Gasteiger partial charge in [0.1, 0.15) is 5.75 Å². The average Bonchev–Trinajstić information content (AvgIpc) is 3.21. The lowest BCUT2D eigenvalue weighted by molar-refractivity contribution is -0.122. The summed E-state index contributed by atoms with van der Waals surface area (Å²) < 4.78 is 5.84. The molecule has 2 fully saturated rings. The first kappa shape index (κ1) is 20.3. The molecular weight excluding hydrogens is 378 g/mol. The van der Waals surface area contributed by atoms with E-state index in [-0.39, 0.29) is 11.8 Å². The number of amides is 2. The van der Waals surface area contributed by atoms with Crippen molar-refractivity contribution in [2.75, 3.05) is 34.8 Å². The molecule has 2 aliphatic rings. The number of rotatable bonds is 6. The third kappa shape index (κ3) is 4.75. The third-order valence-corrected chi connectivity index (χ3v) is 5.74. The maximum absolute atomic E-state index is 12.6. The van der Waals surface area contributed by atoms with Crippen LogP contribution in [0.25, 0.3) is 0 Å². The normalized spacial score (nSPS) is 17.7. The molecule has 2 aliphatic heterocycles. The summed E-state index contributed by atoms with van der Waals surface area (Å²) >= 11 is 0. The van der Waals surface area contributed by atoms with Gasteiger partial charge in [0.25, 0.3) is 5.91 Å². The molecule has 0 bridgehead atoms. The maximum atomic E-state index is 12.6. The SMILES string of the molecule is CC(Oc1cccc(N2CCCC2=O)c1)C(=O)Nc1ccc(N2CCCCC2)cc1. The highest BCUT2D eigenvalue weighted by Crippen LogP contribution is 2.26. The van der Waals surface area contributed by atoms with Gasteiger partial charge in [-0.1, -0.05) is 6.07 Å². The molecule has 2 amide bonds. The fourth-order valence-electron chi connectivity index (χ4n) is 4.06. The van der Waals surface area contributed by atoms with Crippen LogP contribution in [0.4, 0.5) is 17.1 Å². The summed E-state index contributed by atoms with van der Waals surface area (Å²) in [4.78, 5) is 28.7. The summed E-state index contributed by atoms with van der Waals surface area (Å²) in [7, 11) is 0. The molecule has 6 nitrogen and oxygen atoms in total. The molecule has 2 aromatic rings. The molecule has 4 rings (SSSR count). The lowest BCUT2D eigenvalue weighted by Gasteiger charge is -2.28. The van der Waals surface area contributed by atoms with E-state index in [0.717, 1.165) is 37.4 Å². The van der Waals surface area contributed by atoms with Gasteiger partial charge in [0.2, 0.25) is 5.91 Å². The zero-order chi connectivity index (χ0) is 20.9. The van der Waals surface area contributed by atoms with Crippen molar-refractivity contribution < 1.29 is 14.3 Å². The highest BCUT2D eigenvalue weighted by atomic mass is 16.5. The predicted molar refractivity (Wildman–Crippen MR) is 119 cm³/mol. The van der Waals surface area contributed by atoms with Gasteiger partial charge < -0.3 is 19.9 Å². The number of piperidine rings is 1. The second-order valence-electron chi connectivity index (χ2n) is 7.99. The summed E-state index contributed by atoms with van der Waals surface area (Å²) in [6.07, 6.45) is 4.58. The van der Waals surface area contributed by atoms with Gasteiger partial charge in [0.05, 0.1) is 0 Å². The van der Waals surface area contributed by atoms with Crippen LogP contribution in [0.5, 0.6) is 5.75 Å². The van der Waals surface area contributed by atoms with Gasteiger partial charge in [-0.25, -0.2) is 0 Å². The molecule has 6 heteroatoms. The smallest absolute Gasteiger partial charge is 0.265 e. The van der Waals surface area contributed by atoms with Crippen molar-refractivity contribution in [3.63, 3.8) is 0 Å². The number of anilines is 3. The van der Waals surface area contributed by atoms with E-state index >= 15 is 0 Å². The lowest BCUT2D eigenvalue weighted by atomic mass is 10.1. The van der Waals surface area contributed by atoms with Crippen molar-refractivity contribution in [1.29, 1.82) is 0 Å². The lowest BCUT2D eigenvalue weighted by Crippen LogP contribution is -2.30. The van der Waals surface area contributed by atoms with Crippen molar-refractivity contribution in [3.8, 4) is 5.75 Å². The van der Waals surface area contributed by atoms with E-state index in [4.69, 9.17) is 4.74 Å². The summed E-state index contributed by atoms with van der Waals surface area (Å²) in [5.41, 5.74) is 2.77. The second kappa shape index (κ2) is 9.20. The van der Waals surface area contributed by atoms with Crippen LogP contribution in [-0.4, -0.2) is 37.6 Å². The largest absolute Gasteiger partial charge is 0.481 e. The van der Waals surface area contributed by atoms with Crippen molar-refractivity contribution in [3.05, 3.63) is 48.5 Å². The minimum Gasteiger partial charge on any atom is -0.481 e. The molecule has 0 spiro atoms. The van der Waals surface area contributed by atoms with Gasteiger partial charge in [-0.3, -0.25) is 9.59 Å². The minimum atomic E-state index is -0.656. The van der Waals surface area contributed by atoms with E-state index in [1.54, 1.807) is 17.9 Å². The standard InChI is InChI=1S/C24H29N3O3/c1-18(30-22-8-5-7-21(17-22)27-16-6-9-23(27)28)24(29)25-19-10-12-20(13-11-19)26-14-3-2-4-15-26/h5,7-8,10-13,17-18H,2-4,6,9,14-16H2,1H3,(H,25,29). The van der Waals surface area contributed by atoms with Crippen molar-refractivity contribution in [2.24, 2.45) is 0 Å². The number of benzene rings is 2. The molecule has 0 saturated carbocycles. The molecule has 1 atom stereocenters. The molecule has 2 aromatic carbocycles. The number of ether oxygens (including phenoxy) is 1. The Labute approximate surface area is 177 Å². The topological polar surface area (TPSA) is 61.9 Å². The number of hydrogen-bond acceptors (Lipinski definition) is 4. The molecule has 0 aliphatic carbocycles. The van der Waals surface area contributed by atoms with E-state index in [9.17, 15) is 9.59 Å². The summed E-state index contributed by atoms with van der Waals surface area (Å²) in [5, 5.41) is 2.92. The molecular formula is C24H29N3O3. The number of carbonyl (C=O) groups excluding carboxylic acids is 2. The van der Waals surface area contributed by atoms with Crippen LogP contribution >= 0.6 is 0 Å². The number of carbonyl (C=O) groups is 2. The van der Waals surface area contributed by atoms with Crippen molar-refractivity contribution in [2.45, 2.75) is 45.1 Å². The van der Waals surface area contributed by atoms with Gasteiger partial charge >= 0.3 is 0 Å². The van der Waals surface area contributed by atoms with Gasteiger partial charge in [-0.2, -0.15) is 0 Å². The molecule has 158 valence electrons. The Kier molecular flexibility index (Phi) is 6.21. The Balaban J connectivity index is 1.34. The molecule has 0 radical (unpaired) electrons. The van der Waals surface area contributed by atoms with Crippen molar-refractivity contribution in [1.82, 2.24) is 0 Å². The van der Waals surface area contributed by atoms with Crippen LogP contribution in [0.2, 0.25) is 0 Å². The Hall–Kier alpha value is -3.02. The molecule has 0 aromatic heterocycles. The molecule has 2 heterocycles. The van der Waals surface area contributed by atoms with Crippen molar-refractivity contribution >= 4 is 28.9 Å². The Morgan fingerprint density at radius 3 is 2.43 bits per heavy atom. The Morgan fingerprint density at radius 2 is 1.73 bits per heavy atom. The zero-order valence-corrected chi connectivity index (χ0v) is 17.5. The van der Waals surface area contributed by atoms with Crippen LogP contribution in [0.1, 0.15) is 39.0 Å². The predicted octanol–water partition coefficient (Wildman–Crippen LogP) is 4.21. The van der Waals surface area contributed by atoms with E-state index in [2.05, 4.69) is 22.3 Å². The van der Waals surface area contributed by atoms with Crippen LogP contribution in [0.3, 0.4) is 0 Å². The Morgan fingerprint density at radius 1 is 0.967 bits per heavy atom. The van der Waals surface area contributed by atoms with Gasteiger partial charge in [0, 0.05) is 49.2 Å². The van der Waals surface area contributed by atoms with Gasteiger partial charge in [0.15, 0.2) is 6.10 Å². The van der Waals surface area contributed by atoms with Crippen LogP contribution < -0.4 is 19.9 Å². The fourth-order valence-corrected chi connectivity index (χ4v) is 4.06. The number of nitrogens with one attached hydrogen (secondary N) is 1. The monoisotopic (exact) mass is 407 g/mol. The van der Waals surface area contributed by atoms with E-state index < -0.39 is 6.10 Å². The highest BCUT2D eigenvalue weighted by molar-refractivity contribution is 5.96. The molecule has 2 saturated heterocycles. The average molecular weight is 408 g/mol. The maximum Gasteiger partial charge on any atom is 0.265 e. The quantitative estimate of drug-likeness (QED) is 0.779. The van der Waals surface area contributed by atoms with E-state index in [0.29, 0.717) is 12.2 Å². The first-order valence-corrected chi connectivity index (χ1v) is 10.8. The summed E-state index contributed by atoms with van der Waals surface area (Å²) in [6.45, 7) is 4.65. The second-order valence-corrected chi connectivity index (χ2v) is 7.99. The fraction of sp³-hybridized carbons (Fsp3) is 0.417. The van der Waals surface area contributed by atoms with E-state index in [1.165, 1.54) is 24.9 Å². The number of nitrogens with zero attached hydrogens (tertiary/aromatic N) is 2.